The van der Waals surface area contributed by atoms with Crippen molar-refractivity contribution >= 4 is 33.0 Å². The first-order chi connectivity index (χ1) is 14.4. The minimum atomic E-state index is -3.76. The molecule has 1 aliphatic carbocycles. The van der Waals surface area contributed by atoms with E-state index in [1.807, 2.05) is 24.4 Å². The molecule has 1 heterocycles. The number of hydrogen-bond donors (Lipinski definition) is 2. The van der Waals surface area contributed by atoms with Crippen molar-refractivity contribution in [1.82, 2.24) is 9.71 Å². The van der Waals surface area contributed by atoms with Crippen LogP contribution in [-0.4, -0.2) is 32.5 Å². The third-order valence-corrected chi connectivity index (χ3v) is 6.99. The maximum Gasteiger partial charge on any atom is 0.255 e. The Morgan fingerprint density at radius 3 is 2.50 bits per heavy atom. The SMILES string of the molecule is COc1ccc(C(=O)Nc2ccc(-c3csc(C)n3)cc2)cc1S(=O)(=O)NC1CC1. The second kappa shape index (κ2) is 8.17. The van der Waals surface area contributed by atoms with Crippen molar-refractivity contribution in [2.75, 3.05) is 12.4 Å². The first-order valence-corrected chi connectivity index (χ1v) is 11.8. The lowest BCUT2D eigenvalue weighted by Gasteiger charge is -2.12. The number of ether oxygens (including phenoxy) is 1. The topological polar surface area (TPSA) is 97.4 Å². The molecule has 30 heavy (non-hydrogen) atoms. The Hall–Kier alpha value is -2.75. The van der Waals surface area contributed by atoms with Crippen LogP contribution in [-0.2, 0) is 10.0 Å². The van der Waals surface area contributed by atoms with E-state index in [1.54, 1.807) is 23.5 Å². The average molecular weight is 444 g/mol. The van der Waals surface area contributed by atoms with Crippen molar-refractivity contribution in [3.63, 3.8) is 0 Å². The maximum absolute atomic E-state index is 12.7. The number of nitrogens with one attached hydrogen (secondary N) is 2. The number of nitrogens with zero attached hydrogens (tertiary/aromatic N) is 1. The number of methoxy groups -OCH3 is 1. The number of benzene rings is 2. The summed E-state index contributed by atoms with van der Waals surface area (Å²) in [6, 6.07) is 11.7. The largest absolute Gasteiger partial charge is 0.495 e. The Morgan fingerprint density at radius 1 is 1.17 bits per heavy atom. The number of carbonyl (C=O) groups excluding carboxylic acids is 1. The molecule has 0 unspecified atom stereocenters. The van der Waals surface area contributed by atoms with Crippen molar-refractivity contribution in [2.24, 2.45) is 0 Å². The summed E-state index contributed by atoms with van der Waals surface area (Å²) < 4.78 is 33.1. The van der Waals surface area contributed by atoms with E-state index >= 15 is 0 Å². The average Bonchev–Trinajstić information content (AvgIpc) is 3.43. The predicted octanol–water partition coefficient (Wildman–Crippen LogP) is 3.82. The van der Waals surface area contributed by atoms with Crippen LogP contribution in [0.2, 0.25) is 0 Å². The molecule has 1 aliphatic rings. The van der Waals surface area contributed by atoms with Gasteiger partial charge in [-0.1, -0.05) is 12.1 Å². The summed E-state index contributed by atoms with van der Waals surface area (Å²) in [5, 5.41) is 5.77. The van der Waals surface area contributed by atoms with Crippen LogP contribution in [0, 0.1) is 6.92 Å². The number of thiazole rings is 1. The summed E-state index contributed by atoms with van der Waals surface area (Å²) in [5.41, 5.74) is 2.68. The molecule has 0 aliphatic heterocycles. The van der Waals surface area contributed by atoms with Gasteiger partial charge in [0.05, 0.1) is 17.8 Å². The minimum Gasteiger partial charge on any atom is -0.495 e. The summed E-state index contributed by atoms with van der Waals surface area (Å²) >= 11 is 1.58. The molecule has 0 saturated heterocycles. The van der Waals surface area contributed by atoms with E-state index < -0.39 is 15.9 Å². The zero-order valence-corrected chi connectivity index (χ0v) is 18.1. The number of anilines is 1. The van der Waals surface area contributed by atoms with Crippen molar-refractivity contribution in [2.45, 2.75) is 30.7 Å². The quantitative estimate of drug-likeness (QED) is 0.579. The molecule has 1 fully saturated rings. The third-order valence-electron chi connectivity index (χ3n) is 4.67. The Balaban J connectivity index is 1.53. The lowest BCUT2D eigenvalue weighted by Crippen LogP contribution is -2.26. The van der Waals surface area contributed by atoms with Gasteiger partial charge in [-0.05, 0) is 50.1 Å². The van der Waals surface area contributed by atoms with Crippen LogP contribution in [0.4, 0.5) is 5.69 Å². The molecular weight excluding hydrogens is 422 g/mol. The number of carbonyl (C=O) groups is 1. The summed E-state index contributed by atoms with van der Waals surface area (Å²) in [4.78, 5) is 17.1. The highest BCUT2D eigenvalue weighted by atomic mass is 32.2. The maximum atomic E-state index is 12.7. The molecule has 2 aromatic carbocycles. The molecule has 2 N–H and O–H groups in total. The number of aromatic nitrogens is 1. The van der Waals surface area contributed by atoms with Gasteiger partial charge in [0.1, 0.15) is 10.6 Å². The fraction of sp³-hybridized carbons (Fsp3) is 0.238. The van der Waals surface area contributed by atoms with Crippen LogP contribution in [0.1, 0.15) is 28.2 Å². The molecule has 7 nitrogen and oxygen atoms in total. The molecule has 0 bridgehead atoms. The van der Waals surface area contributed by atoms with Crippen molar-refractivity contribution in [1.29, 1.82) is 0 Å². The first kappa shape index (κ1) is 20.5. The monoisotopic (exact) mass is 443 g/mol. The second-order valence-corrected chi connectivity index (χ2v) is 9.79. The number of aryl methyl sites for hydroxylation is 1. The van der Waals surface area contributed by atoms with Crippen molar-refractivity contribution in [3.05, 3.63) is 58.4 Å². The van der Waals surface area contributed by atoms with E-state index in [0.717, 1.165) is 29.1 Å². The zero-order valence-electron chi connectivity index (χ0n) is 16.5. The highest BCUT2D eigenvalue weighted by Gasteiger charge is 2.30. The zero-order chi connectivity index (χ0) is 21.3. The highest BCUT2D eigenvalue weighted by Crippen LogP contribution is 2.29. The fourth-order valence-corrected chi connectivity index (χ4v) is 5.06. The molecular formula is C21H21N3O4S2. The minimum absolute atomic E-state index is 0.0428. The standard InChI is InChI=1S/C21H21N3O4S2/c1-13-22-18(12-29-13)14-3-6-16(7-4-14)23-21(25)15-5-10-19(28-2)20(11-15)30(26,27)24-17-8-9-17/h3-7,10-12,17,24H,8-9H2,1-2H3,(H,23,25). The highest BCUT2D eigenvalue weighted by molar-refractivity contribution is 7.89. The summed E-state index contributed by atoms with van der Waals surface area (Å²) in [7, 11) is -2.36. The van der Waals surface area contributed by atoms with Gasteiger partial charge < -0.3 is 10.1 Å². The summed E-state index contributed by atoms with van der Waals surface area (Å²) in [6.07, 6.45) is 1.64. The summed E-state index contributed by atoms with van der Waals surface area (Å²) in [5.74, 6) is -0.208. The van der Waals surface area contributed by atoms with Gasteiger partial charge in [0, 0.05) is 28.2 Å². The van der Waals surface area contributed by atoms with E-state index in [1.165, 1.54) is 25.3 Å². The van der Waals surface area contributed by atoms with Crippen LogP contribution in [0.3, 0.4) is 0 Å². The van der Waals surface area contributed by atoms with E-state index in [0.29, 0.717) is 5.69 Å². The van der Waals surface area contributed by atoms with E-state index in [4.69, 9.17) is 4.74 Å². The molecule has 1 aromatic heterocycles. The molecule has 4 rings (SSSR count). The van der Waals surface area contributed by atoms with Crippen molar-refractivity contribution < 1.29 is 17.9 Å². The second-order valence-electron chi connectivity index (χ2n) is 7.04. The van der Waals surface area contributed by atoms with Gasteiger partial charge in [-0.15, -0.1) is 11.3 Å². The van der Waals surface area contributed by atoms with Crippen LogP contribution in [0.15, 0.2) is 52.7 Å². The van der Waals surface area contributed by atoms with Crippen LogP contribution >= 0.6 is 11.3 Å². The van der Waals surface area contributed by atoms with Gasteiger partial charge in [-0.2, -0.15) is 0 Å². The predicted molar refractivity (Wildman–Crippen MR) is 117 cm³/mol. The lowest BCUT2D eigenvalue weighted by atomic mass is 10.1. The smallest absolute Gasteiger partial charge is 0.255 e. The fourth-order valence-electron chi connectivity index (χ4n) is 2.94. The molecule has 0 radical (unpaired) electrons. The first-order valence-electron chi connectivity index (χ1n) is 9.40. The number of sulfonamides is 1. The van der Waals surface area contributed by atoms with Crippen LogP contribution in [0.5, 0.6) is 5.75 Å². The Bertz CT molecular complexity index is 1180. The number of amides is 1. The van der Waals surface area contributed by atoms with Gasteiger partial charge in [0.25, 0.3) is 5.91 Å². The van der Waals surface area contributed by atoms with E-state index in [9.17, 15) is 13.2 Å². The lowest BCUT2D eigenvalue weighted by molar-refractivity contribution is 0.102. The van der Waals surface area contributed by atoms with E-state index in [2.05, 4.69) is 15.0 Å². The molecule has 0 spiro atoms. The molecule has 3 aromatic rings. The van der Waals surface area contributed by atoms with Gasteiger partial charge in [-0.3, -0.25) is 4.79 Å². The molecule has 1 saturated carbocycles. The molecule has 1 amide bonds. The molecule has 156 valence electrons. The Morgan fingerprint density at radius 2 is 1.90 bits per heavy atom. The van der Waals surface area contributed by atoms with Gasteiger partial charge >= 0.3 is 0 Å². The number of rotatable bonds is 7. The number of hydrogen-bond acceptors (Lipinski definition) is 6. The van der Waals surface area contributed by atoms with Gasteiger partial charge in [0.2, 0.25) is 10.0 Å². The van der Waals surface area contributed by atoms with Gasteiger partial charge in [0.15, 0.2) is 0 Å². The Labute approximate surface area is 179 Å². The molecule has 9 heteroatoms. The van der Waals surface area contributed by atoms with Crippen LogP contribution in [0.25, 0.3) is 11.3 Å². The molecule has 0 atom stereocenters. The summed E-state index contributed by atoms with van der Waals surface area (Å²) in [6.45, 7) is 1.95. The van der Waals surface area contributed by atoms with Gasteiger partial charge in [-0.25, -0.2) is 18.1 Å². The normalized spacial score (nSPS) is 13.8. The Kier molecular flexibility index (Phi) is 5.59. The van der Waals surface area contributed by atoms with Crippen molar-refractivity contribution in [3.8, 4) is 17.0 Å². The third kappa shape index (κ3) is 4.53. The van der Waals surface area contributed by atoms with E-state index in [-0.39, 0.29) is 22.3 Å². The van der Waals surface area contributed by atoms with Crippen LogP contribution < -0.4 is 14.8 Å².